The highest BCUT2D eigenvalue weighted by atomic mass is 14.9. The molecule has 0 unspecified atom stereocenters. The zero-order chi connectivity index (χ0) is 22.8. The van der Waals surface area contributed by atoms with Crippen LogP contribution < -0.4 is 5.32 Å². The van der Waals surface area contributed by atoms with Crippen LogP contribution >= 0.6 is 0 Å². The first-order valence-electron chi connectivity index (χ1n) is 10.6. The molecular formula is C28H43N. The highest BCUT2D eigenvalue weighted by Gasteiger charge is 2.01. The second-order valence-electron chi connectivity index (χ2n) is 6.90. The molecular weight excluding hydrogens is 350 g/mol. The predicted molar refractivity (Wildman–Crippen MR) is 135 cm³/mol. The molecule has 0 fully saturated rings. The summed E-state index contributed by atoms with van der Waals surface area (Å²) < 4.78 is 0. The minimum Gasteiger partial charge on any atom is -0.364 e. The number of allylic oxidation sites excluding steroid dienone is 2. The van der Waals surface area contributed by atoms with Crippen LogP contribution in [0.1, 0.15) is 76.6 Å². The van der Waals surface area contributed by atoms with Crippen LogP contribution in [0.3, 0.4) is 0 Å². The zero-order valence-electron chi connectivity index (χ0n) is 20.2. The van der Waals surface area contributed by atoms with Gasteiger partial charge in [-0.05, 0) is 44.4 Å². The average Bonchev–Trinajstić information content (AvgIpc) is 2.70. The molecule has 2 aromatic carbocycles. The fourth-order valence-electron chi connectivity index (χ4n) is 2.04. The SMILES string of the molecule is C=C(C)NC(=C)C.C=C(c1ccc(C)cc1)c1ccc(C)cc1.CC.CCCC. The van der Waals surface area contributed by atoms with Crippen LogP contribution in [0.5, 0.6) is 0 Å². The fraction of sp³-hybridized carbons (Fsp3) is 0.357. The number of hydrogen-bond donors (Lipinski definition) is 1. The highest BCUT2D eigenvalue weighted by molar-refractivity contribution is 5.78. The van der Waals surface area contributed by atoms with Crippen LogP contribution in [0.2, 0.25) is 0 Å². The summed E-state index contributed by atoms with van der Waals surface area (Å²) in [6.07, 6.45) is 2.64. The standard InChI is InChI=1S/C16H16.C6H11N.C4H10.C2H6/c1-12-4-8-15(9-5-12)14(3)16-10-6-13(2)7-11-16;1-5(2)7-6(3)4;1-3-4-2;1-2/h4-11H,3H2,1-2H3;7H,1,3H2,2,4H3;3-4H2,1-2H3;1-2H3. The van der Waals surface area contributed by atoms with Gasteiger partial charge in [0.25, 0.3) is 0 Å². The third kappa shape index (κ3) is 15.1. The number of nitrogens with one attached hydrogen (secondary N) is 1. The van der Waals surface area contributed by atoms with Gasteiger partial charge in [-0.15, -0.1) is 0 Å². The molecule has 0 aliphatic carbocycles. The Kier molecular flexibility index (Phi) is 17.4. The van der Waals surface area contributed by atoms with E-state index in [4.69, 9.17) is 0 Å². The summed E-state index contributed by atoms with van der Waals surface area (Å²) in [5, 5.41) is 2.92. The molecule has 0 aliphatic heterocycles. The maximum absolute atomic E-state index is 4.15. The number of aryl methyl sites for hydroxylation is 2. The lowest BCUT2D eigenvalue weighted by Crippen LogP contribution is -2.04. The van der Waals surface area contributed by atoms with Gasteiger partial charge in [-0.1, -0.05) is 120 Å². The Balaban J connectivity index is 0. The Morgan fingerprint density at radius 3 is 1.10 bits per heavy atom. The number of unbranched alkanes of at least 4 members (excludes halogenated alkanes) is 1. The molecule has 0 spiro atoms. The van der Waals surface area contributed by atoms with Crippen LogP contribution in [-0.4, -0.2) is 0 Å². The first kappa shape index (κ1) is 28.7. The van der Waals surface area contributed by atoms with Gasteiger partial charge in [0.1, 0.15) is 0 Å². The molecule has 0 amide bonds. The van der Waals surface area contributed by atoms with Crippen LogP contribution in [0.4, 0.5) is 0 Å². The Morgan fingerprint density at radius 2 is 0.931 bits per heavy atom. The largest absolute Gasteiger partial charge is 0.364 e. The summed E-state index contributed by atoms with van der Waals surface area (Å²) in [4.78, 5) is 0. The maximum atomic E-state index is 4.15. The Morgan fingerprint density at radius 1 is 0.655 bits per heavy atom. The Labute approximate surface area is 181 Å². The first-order chi connectivity index (χ1) is 13.7. The lowest BCUT2D eigenvalue weighted by Gasteiger charge is -2.07. The van der Waals surface area contributed by atoms with E-state index in [2.05, 4.69) is 101 Å². The van der Waals surface area contributed by atoms with Gasteiger partial charge in [0.05, 0.1) is 0 Å². The maximum Gasteiger partial charge on any atom is 0.00441 e. The van der Waals surface area contributed by atoms with Gasteiger partial charge in [-0.3, -0.25) is 0 Å². The number of benzene rings is 2. The smallest absolute Gasteiger partial charge is 0.00441 e. The Hall–Kier alpha value is -2.54. The van der Waals surface area contributed by atoms with Gasteiger partial charge in [-0.2, -0.15) is 0 Å². The van der Waals surface area contributed by atoms with Gasteiger partial charge in [-0.25, -0.2) is 0 Å². The minimum atomic E-state index is 0.938. The molecule has 0 saturated carbocycles. The third-order valence-corrected chi connectivity index (χ3v) is 3.73. The lowest BCUT2D eigenvalue weighted by atomic mass is 9.98. The van der Waals surface area contributed by atoms with Crippen molar-refractivity contribution in [3.8, 4) is 0 Å². The summed E-state index contributed by atoms with van der Waals surface area (Å²) in [6.45, 7) is 27.7. The summed E-state index contributed by atoms with van der Waals surface area (Å²) >= 11 is 0. The van der Waals surface area contributed by atoms with Crippen molar-refractivity contribution in [1.29, 1.82) is 0 Å². The van der Waals surface area contributed by atoms with Crippen molar-refractivity contribution in [2.75, 3.05) is 0 Å². The van der Waals surface area contributed by atoms with E-state index in [1.807, 2.05) is 27.7 Å². The molecule has 0 radical (unpaired) electrons. The van der Waals surface area contributed by atoms with Gasteiger partial charge in [0.2, 0.25) is 0 Å². The average molecular weight is 394 g/mol. The van der Waals surface area contributed by atoms with Crippen molar-refractivity contribution in [3.05, 3.63) is 102 Å². The molecule has 2 rings (SSSR count). The van der Waals surface area contributed by atoms with Crippen molar-refractivity contribution >= 4 is 5.57 Å². The summed E-state index contributed by atoms with van der Waals surface area (Å²) in [5.74, 6) is 0. The van der Waals surface area contributed by atoms with E-state index >= 15 is 0 Å². The van der Waals surface area contributed by atoms with Crippen LogP contribution in [0.15, 0.2) is 79.7 Å². The quantitative estimate of drug-likeness (QED) is 0.535. The van der Waals surface area contributed by atoms with E-state index in [0.717, 1.165) is 17.0 Å². The van der Waals surface area contributed by atoms with E-state index in [0.29, 0.717) is 0 Å². The minimum absolute atomic E-state index is 0.938. The van der Waals surface area contributed by atoms with E-state index < -0.39 is 0 Å². The van der Waals surface area contributed by atoms with Crippen LogP contribution in [-0.2, 0) is 0 Å². The highest BCUT2D eigenvalue weighted by Crippen LogP contribution is 2.21. The van der Waals surface area contributed by atoms with Crippen molar-refractivity contribution in [3.63, 3.8) is 0 Å². The van der Waals surface area contributed by atoms with Gasteiger partial charge in [0, 0.05) is 11.4 Å². The van der Waals surface area contributed by atoms with Crippen molar-refractivity contribution in [2.45, 2.75) is 68.2 Å². The normalized spacial score (nSPS) is 8.69. The predicted octanol–water partition coefficient (Wildman–Crippen LogP) is 8.84. The molecule has 1 N–H and O–H groups in total. The molecule has 0 heterocycles. The zero-order valence-corrected chi connectivity index (χ0v) is 20.2. The monoisotopic (exact) mass is 393 g/mol. The molecule has 1 heteroatoms. The van der Waals surface area contributed by atoms with Gasteiger partial charge < -0.3 is 5.32 Å². The van der Waals surface area contributed by atoms with E-state index in [1.54, 1.807) is 0 Å². The van der Waals surface area contributed by atoms with Gasteiger partial charge in [0.15, 0.2) is 0 Å². The molecule has 160 valence electrons. The molecule has 0 bridgehead atoms. The van der Waals surface area contributed by atoms with E-state index in [-0.39, 0.29) is 0 Å². The topological polar surface area (TPSA) is 12.0 Å². The second-order valence-corrected chi connectivity index (χ2v) is 6.90. The van der Waals surface area contributed by atoms with Crippen molar-refractivity contribution in [2.24, 2.45) is 0 Å². The molecule has 2 aromatic rings. The number of rotatable bonds is 5. The van der Waals surface area contributed by atoms with Crippen molar-refractivity contribution in [1.82, 2.24) is 5.32 Å². The molecule has 0 saturated heterocycles. The Bertz CT molecular complexity index is 641. The number of hydrogen-bond acceptors (Lipinski definition) is 1. The molecule has 0 aromatic heterocycles. The summed E-state index contributed by atoms with van der Waals surface area (Å²) in [6, 6.07) is 17.0. The molecule has 1 nitrogen and oxygen atoms in total. The first-order valence-corrected chi connectivity index (χ1v) is 10.6. The second kappa shape index (κ2) is 17.6. The van der Waals surface area contributed by atoms with Gasteiger partial charge >= 0.3 is 0 Å². The van der Waals surface area contributed by atoms with E-state index in [1.165, 1.54) is 35.1 Å². The summed E-state index contributed by atoms with van der Waals surface area (Å²) in [5.41, 5.74) is 7.89. The van der Waals surface area contributed by atoms with E-state index in [9.17, 15) is 0 Å². The van der Waals surface area contributed by atoms with Crippen molar-refractivity contribution < 1.29 is 0 Å². The third-order valence-electron chi connectivity index (χ3n) is 3.73. The molecule has 0 atom stereocenters. The van der Waals surface area contributed by atoms with Crippen LogP contribution in [0, 0.1) is 13.8 Å². The lowest BCUT2D eigenvalue weighted by molar-refractivity contribution is 0.886. The van der Waals surface area contributed by atoms with Crippen LogP contribution in [0.25, 0.3) is 5.57 Å². The fourth-order valence-corrected chi connectivity index (χ4v) is 2.04. The summed E-state index contributed by atoms with van der Waals surface area (Å²) in [7, 11) is 0. The molecule has 29 heavy (non-hydrogen) atoms. The molecule has 0 aliphatic rings.